The van der Waals surface area contributed by atoms with E-state index in [4.69, 9.17) is 27.9 Å². The molecular weight excluding hydrogens is 437 g/mol. The number of methoxy groups -OCH3 is 1. The van der Waals surface area contributed by atoms with Crippen molar-refractivity contribution in [1.29, 1.82) is 0 Å². The lowest BCUT2D eigenvalue weighted by Crippen LogP contribution is -2.46. The Balaban J connectivity index is 1.82. The van der Waals surface area contributed by atoms with Crippen LogP contribution in [0.1, 0.15) is 22.8 Å². The third-order valence-corrected chi connectivity index (χ3v) is 5.77. The van der Waals surface area contributed by atoms with Crippen molar-refractivity contribution in [2.24, 2.45) is 0 Å². The van der Waals surface area contributed by atoms with E-state index in [9.17, 15) is 9.59 Å². The first-order valence-electron chi connectivity index (χ1n) is 10.0. The molecule has 6 nitrogen and oxygen atoms in total. The van der Waals surface area contributed by atoms with E-state index in [1.807, 2.05) is 6.07 Å². The molecule has 1 heterocycles. The molecule has 0 aromatic heterocycles. The molecular formula is C23H25Cl2N3O3. The van der Waals surface area contributed by atoms with Gasteiger partial charge in [-0.2, -0.15) is 0 Å². The number of rotatable bonds is 6. The summed E-state index contributed by atoms with van der Waals surface area (Å²) >= 11 is 12.1. The van der Waals surface area contributed by atoms with Crippen LogP contribution in [0, 0.1) is 0 Å². The number of carbonyl (C=O) groups excluding carboxylic acids is 2. The summed E-state index contributed by atoms with van der Waals surface area (Å²) in [5.74, 6) is -0.789. The van der Waals surface area contributed by atoms with Crippen LogP contribution < -0.4 is 10.2 Å². The predicted octanol–water partition coefficient (Wildman–Crippen LogP) is 4.57. The zero-order valence-electron chi connectivity index (χ0n) is 17.5. The number of nitrogens with zero attached hydrogens (tertiary/aromatic N) is 2. The highest BCUT2D eigenvalue weighted by Gasteiger charge is 2.20. The van der Waals surface area contributed by atoms with Crippen molar-refractivity contribution in [3.8, 4) is 0 Å². The molecule has 1 fully saturated rings. The molecule has 1 amide bonds. The summed E-state index contributed by atoms with van der Waals surface area (Å²) < 4.78 is 4.83. The van der Waals surface area contributed by atoms with Gasteiger partial charge in [-0.15, -0.1) is 0 Å². The van der Waals surface area contributed by atoms with Crippen molar-refractivity contribution in [2.45, 2.75) is 6.92 Å². The van der Waals surface area contributed by atoms with Crippen LogP contribution >= 0.6 is 23.2 Å². The fourth-order valence-corrected chi connectivity index (χ4v) is 3.91. The van der Waals surface area contributed by atoms with Gasteiger partial charge < -0.3 is 19.9 Å². The normalized spacial score (nSPS) is 14.6. The van der Waals surface area contributed by atoms with Crippen molar-refractivity contribution in [1.82, 2.24) is 4.90 Å². The molecule has 1 aliphatic rings. The lowest BCUT2D eigenvalue weighted by Gasteiger charge is -2.36. The smallest absolute Gasteiger partial charge is 0.337 e. The van der Waals surface area contributed by atoms with Crippen molar-refractivity contribution in [2.75, 3.05) is 50.1 Å². The maximum Gasteiger partial charge on any atom is 0.337 e. The van der Waals surface area contributed by atoms with Crippen LogP contribution in [0.25, 0.3) is 6.08 Å². The Bertz CT molecular complexity index is 986. The summed E-state index contributed by atoms with van der Waals surface area (Å²) in [6.45, 7) is 6.72. The number of likely N-dealkylation sites (N-methyl/N-ethyl adjacent to an activating group) is 1. The third kappa shape index (κ3) is 6.00. The fraction of sp³-hybridized carbons (Fsp3) is 0.304. The van der Waals surface area contributed by atoms with E-state index in [0.29, 0.717) is 26.9 Å². The molecule has 8 heteroatoms. The molecule has 0 atom stereocenters. The van der Waals surface area contributed by atoms with Gasteiger partial charge in [0.25, 0.3) is 0 Å². The van der Waals surface area contributed by atoms with Gasteiger partial charge in [0, 0.05) is 42.3 Å². The van der Waals surface area contributed by atoms with Crippen LogP contribution in [0.5, 0.6) is 0 Å². The molecule has 0 bridgehead atoms. The summed E-state index contributed by atoms with van der Waals surface area (Å²) in [5, 5.41) is 3.88. The molecule has 2 aromatic rings. The fourth-order valence-electron chi connectivity index (χ4n) is 3.44. The van der Waals surface area contributed by atoms with Crippen LogP contribution in [0.4, 0.5) is 11.4 Å². The average Bonchev–Trinajstić information content (AvgIpc) is 2.78. The van der Waals surface area contributed by atoms with Crippen LogP contribution in [0.3, 0.4) is 0 Å². The molecule has 1 aliphatic heterocycles. The third-order valence-electron chi connectivity index (χ3n) is 5.21. The van der Waals surface area contributed by atoms with Gasteiger partial charge in [0.2, 0.25) is 5.91 Å². The highest BCUT2D eigenvalue weighted by atomic mass is 35.5. The first kappa shape index (κ1) is 23.1. The van der Waals surface area contributed by atoms with E-state index in [1.54, 1.807) is 36.4 Å². The van der Waals surface area contributed by atoms with Gasteiger partial charge in [-0.05, 0) is 48.5 Å². The molecule has 0 saturated carbocycles. The Morgan fingerprint density at radius 3 is 2.48 bits per heavy atom. The topological polar surface area (TPSA) is 61.9 Å². The summed E-state index contributed by atoms with van der Waals surface area (Å²) in [4.78, 5) is 29.2. The van der Waals surface area contributed by atoms with Crippen LogP contribution in [-0.2, 0) is 9.53 Å². The lowest BCUT2D eigenvalue weighted by atomic mass is 10.1. The summed E-state index contributed by atoms with van der Waals surface area (Å²) in [6.07, 6.45) is 3.02. The summed E-state index contributed by atoms with van der Waals surface area (Å²) in [7, 11) is 1.33. The van der Waals surface area contributed by atoms with E-state index < -0.39 is 5.97 Å². The number of anilines is 2. The zero-order chi connectivity index (χ0) is 22.4. The minimum Gasteiger partial charge on any atom is -0.465 e. The van der Waals surface area contributed by atoms with Crippen molar-refractivity contribution >= 4 is 52.5 Å². The van der Waals surface area contributed by atoms with Crippen LogP contribution in [0.15, 0.2) is 42.5 Å². The van der Waals surface area contributed by atoms with E-state index in [1.165, 1.54) is 13.2 Å². The first-order chi connectivity index (χ1) is 14.9. The number of halogens is 2. The molecule has 2 aromatic carbocycles. The largest absolute Gasteiger partial charge is 0.465 e. The summed E-state index contributed by atoms with van der Waals surface area (Å²) in [6, 6.07) is 10.3. The highest BCUT2D eigenvalue weighted by Crippen LogP contribution is 2.29. The number of hydrogen-bond acceptors (Lipinski definition) is 5. The quantitative estimate of drug-likeness (QED) is 0.503. The number of esters is 1. The van der Waals surface area contributed by atoms with Crippen molar-refractivity contribution in [3.63, 3.8) is 0 Å². The van der Waals surface area contributed by atoms with Crippen molar-refractivity contribution < 1.29 is 14.3 Å². The minimum absolute atomic E-state index is 0.332. The Hall–Kier alpha value is -2.54. The number of ether oxygens (including phenoxy) is 1. The molecule has 1 saturated heterocycles. The van der Waals surface area contributed by atoms with Crippen LogP contribution in [-0.4, -0.2) is 56.6 Å². The maximum atomic E-state index is 12.6. The first-order valence-corrected chi connectivity index (χ1v) is 10.8. The van der Waals surface area contributed by atoms with Gasteiger partial charge in [0.15, 0.2) is 0 Å². The molecule has 0 spiro atoms. The van der Waals surface area contributed by atoms with Gasteiger partial charge >= 0.3 is 5.97 Å². The Morgan fingerprint density at radius 1 is 1.10 bits per heavy atom. The van der Waals surface area contributed by atoms with E-state index in [2.05, 4.69) is 22.0 Å². The van der Waals surface area contributed by atoms with E-state index in [0.717, 1.165) is 38.4 Å². The molecule has 31 heavy (non-hydrogen) atoms. The highest BCUT2D eigenvalue weighted by molar-refractivity contribution is 6.35. The van der Waals surface area contributed by atoms with Gasteiger partial charge in [0.1, 0.15) is 0 Å². The number of nitrogens with one attached hydrogen (secondary N) is 1. The molecule has 0 radical (unpaired) electrons. The Kier molecular flexibility index (Phi) is 7.96. The second kappa shape index (κ2) is 10.7. The second-order valence-electron chi connectivity index (χ2n) is 7.13. The minimum atomic E-state index is -0.457. The molecule has 0 aliphatic carbocycles. The molecule has 0 unspecified atom stereocenters. The Morgan fingerprint density at radius 2 is 1.84 bits per heavy atom. The van der Waals surface area contributed by atoms with Gasteiger partial charge in [-0.3, -0.25) is 4.79 Å². The average molecular weight is 462 g/mol. The number of carbonyl (C=O) groups is 2. The molecule has 164 valence electrons. The maximum absolute atomic E-state index is 12.6. The van der Waals surface area contributed by atoms with Crippen LogP contribution in [0.2, 0.25) is 10.0 Å². The SMILES string of the molecule is CCN1CCN(c2ccc(C(=O)OC)cc2NC(=O)/C=C/c2ccc(Cl)cc2Cl)CC1. The van der Waals surface area contributed by atoms with Gasteiger partial charge in [-0.1, -0.05) is 36.2 Å². The second-order valence-corrected chi connectivity index (χ2v) is 7.98. The lowest BCUT2D eigenvalue weighted by molar-refractivity contribution is -0.111. The number of piperazine rings is 1. The van der Waals surface area contributed by atoms with Gasteiger partial charge in [-0.25, -0.2) is 4.79 Å². The van der Waals surface area contributed by atoms with E-state index in [-0.39, 0.29) is 5.91 Å². The Labute approximate surface area is 192 Å². The number of amides is 1. The number of hydrogen-bond donors (Lipinski definition) is 1. The monoisotopic (exact) mass is 461 g/mol. The summed E-state index contributed by atoms with van der Waals surface area (Å²) in [5.41, 5.74) is 2.48. The van der Waals surface area contributed by atoms with Gasteiger partial charge in [0.05, 0.1) is 24.0 Å². The molecule has 3 rings (SSSR count). The predicted molar refractivity (Wildman–Crippen MR) is 126 cm³/mol. The van der Waals surface area contributed by atoms with E-state index >= 15 is 0 Å². The standard InChI is InChI=1S/C23H25Cl2N3O3/c1-3-27-10-12-28(13-11-27)21-8-5-17(23(30)31-2)14-20(21)26-22(29)9-6-16-4-7-18(24)15-19(16)25/h4-9,14-15H,3,10-13H2,1-2H3,(H,26,29)/b9-6+. The molecule has 1 N–H and O–H groups in total. The zero-order valence-corrected chi connectivity index (χ0v) is 19.0. The number of benzene rings is 2. The van der Waals surface area contributed by atoms with Crippen molar-refractivity contribution in [3.05, 3.63) is 63.6 Å².